The van der Waals surface area contributed by atoms with Gasteiger partial charge in [0.15, 0.2) is 0 Å². The second-order valence-electron chi connectivity index (χ2n) is 2.61. The summed E-state index contributed by atoms with van der Waals surface area (Å²) in [4.78, 5) is 6.47. The lowest BCUT2D eigenvalue weighted by Crippen LogP contribution is -2.21. The molecule has 1 aliphatic rings. The summed E-state index contributed by atoms with van der Waals surface area (Å²) in [6.45, 7) is 3.06. The lowest BCUT2D eigenvalue weighted by Gasteiger charge is -2.13. The zero-order chi connectivity index (χ0) is 7.52. The van der Waals surface area contributed by atoms with Gasteiger partial charge in [0.05, 0.1) is 6.67 Å². The molecule has 3 heteroatoms. The average Bonchev–Trinajstić information content (AvgIpc) is 2.58. The number of hydrogen-bond acceptors (Lipinski definition) is 3. The van der Waals surface area contributed by atoms with Gasteiger partial charge in [-0.3, -0.25) is 5.32 Å². The number of nitrogens with one attached hydrogen (secondary N) is 1. The highest BCUT2D eigenvalue weighted by Gasteiger charge is 2.10. The van der Waals surface area contributed by atoms with Gasteiger partial charge in [-0.2, -0.15) is 0 Å². The molecular formula is C8H11N3. The van der Waals surface area contributed by atoms with Gasteiger partial charge < -0.3 is 4.90 Å². The maximum atomic E-state index is 4.25. The van der Waals surface area contributed by atoms with Crippen LogP contribution in [0.1, 0.15) is 0 Å². The molecule has 1 N–H and O–H groups in total. The predicted molar refractivity (Wildman–Crippen MR) is 44.5 cm³/mol. The molecule has 0 saturated carbocycles. The van der Waals surface area contributed by atoms with Gasteiger partial charge in [-0.25, -0.2) is 4.98 Å². The van der Waals surface area contributed by atoms with E-state index in [1.165, 1.54) is 0 Å². The molecule has 1 aliphatic heterocycles. The SMILES string of the molecule is c1ccc(N2CCNC2)nc1. The monoisotopic (exact) mass is 149 g/mol. The minimum Gasteiger partial charge on any atom is -0.343 e. The van der Waals surface area contributed by atoms with Gasteiger partial charge in [0.1, 0.15) is 5.82 Å². The summed E-state index contributed by atoms with van der Waals surface area (Å²) < 4.78 is 0. The Morgan fingerprint density at radius 2 is 2.45 bits per heavy atom. The molecule has 1 saturated heterocycles. The third-order valence-corrected chi connectivity index (χ3v) is 1.83. The Bertz CT molecular complexity index is 216. The van der Waals surface area contributed by atoms with Crippen LogP contribution in [0, 0.1) is 0 Å². The van der Waals surface area contributed by atoms with Crippen molar-refractivity contribution in [1.29, 1.82) is 0 Å². The molecule has 3 nitrogen and oxygen atoms in total. The first kappa shape index (κ1) is 6.61. The largest absolute Gasteiger partial charge is 0.343 e. The number of aromatic nitrogens is 1. The minimum absolute atomic E-state index is 0.928. The van der Waals surface area contributed by atoms with Crippen LogP contribution in [0.25, 0.3) is 0 Å². The van der Waals surface area contributed by atoms with Crippen LogP contribution in [0.2, 0.25) is 0 Å². The van der Waals surface area contributed by atoms with E-state index >= 15 is 0 Å². The van der Waals surface area contributed by atoms with E-state index in [2.05, 4.69) is 15.2 Å². The van der Waals surface area contributed by atoms with E-state index in [4.69, 9.17) is 0 Å². The molecule has 0 atom stereocenters. The van der Waals surface area contributed by atoms with Crippen LogP contribution in [0.5, 0.6) is 0 Å². The fourth-order valence-corrected chi connectivity index (χ4v) is 1.24. The molecule has 1 fully saturated rings. The smallest absolute Gasteiger partial charge is 0.129 e. The van der Waals surface area contributed by atoms with Crippen molar-refractivity contribution in [3.05, 3.63) is 24.4 Å². The Morgan fingerprint density at radius 3 is 3.09 bits per heavy atom. The minimum atomic E-state index is 0.928. The van der Waals surface area contributed by atoms with Crippen LogP contribution in [0.15, 0.2) is 24.4 Å². The Kier molecular flexibility index (Phi) is 1.73. The molecule has 11 heavy (non-hydrogen) atoms. The highest BCUT2D eigenvalue weighted by Crippen LogP contribution is 2.08. The van der Waals surface area contributed by atoms with Crippen molar-refractivity contribution in [3.63, 3.8) is 0 Å². The molecule has 0 aromatic carbocycles. The summed E-state index contributed by atoms with van der Waals surface area (Å²) in [6.07, 6.45) is 1.83. The van der Waals surface area contributed by atoms with Crippen molar-refractivity contribution in [1.82, 2.24) is 10.3 Å². The Labute approximate surface area is 66.0 Å². The molecule has 0 bridgehead atoms. The van der Waals surface area contributed by atoms with Gasteiger partial charge in [-0.15, -0.1) is 0 Å². The first-order valence-corrected chi connectivity index (χ1v) is 3.83. The second-order valence-corrected chi connectivity index (χ2v) is 2.61. The molecule has 0 unspecified atom stereocenters. The maximum absolute atomic E-state index is 4.25. The molecule has 58 valence electrons. The summed E-state index contributed by atoms with van der Waals surface area (Å²) >= 11 is 0. The van der Waals surface area contributed by atoms with Crippen molar-refractivity contribution in [2.45, 2.75) is 0 Å². The molecule has 0 radical (unpaired) electrons. The van der Waals surface area contributed by atoms with E-state index in [1.54, 1.807) is 0 Å². The van der Waals surface area contributed by atoms with E-state index in [0.717, 1.165) is 25.6 Å². The number of hydrogen-bond donors (Lipinski definition) is 1. The third kappa shape index (κ3) is 1.33. The maximum Gasteiger partial charge on any atom is 0.129 e. The molecule has 2 heterocycles. The molecule has 1 aromatic heterocycles. The van der Waals surface area contributed by atoms with Crippen molar-refractivity contribution in [2.75, 3.05) is 24.7 Å². The van der Waals surface area contributed by atoms with Crippen LogP contribution < -0.4 is 10.2 Å². The number of pyridine rings is 1. The first-order valence-electron chi connectivity index (χ1n) is 3.83. The fourth-order valence-electron chi connectivity index (χ4n) is 1.24. The summed E-state index contributed by atoms with van der Waals surface area (Å²) in [5.41, 5.74) is 0. The van der Waals surface area contributed by atoms with Crippen molar-refractivity contribution in [2.24, 2.45) is 0 Å². The quantitative estimate of drug-likeness (QED) is 0.628. The summed E-state index contributed by atoms with van der Waals surface area (Å²) in [7, 11) is 0. The Morgan fingerprint density at radius 1 is 1.45 bits per heavy atom. The zero-order valence-electron chi connectivity index (χ0n) is 6.33. The van der Waals surface area contributed by atoms with Gasteiger partial charge >= 0.3 is 0 Å². The molecule has 0 aliphatic carbocycles. The van der Waals surface area contributed by atoms with E-state index in [-0.39, 0.29) is 0 Å². The Hall–Kier alpha value is -1.09. The van der Waals surface area contributed by atoms with Crippen LogP contribution in [0.3, 0.4) is 0 Å². The topological polar surface area (TPSA) is 28.2 Å². The van der Waals surface area contributed by atoms with E-state index < -0.39 is 0 Å². The molecular weight excluding hydrogens is 138 g/mol. The highest BCUT2D eigenvalue weighted by molar-refractivity contribution is 5.38. The summed E-state index contributed by atoms with van der Waals surface area (Å²) in [5, 5.41) is 3.26. The fraction of sp³-hybridized carbons (Fsp3) is 0.375. The average molecular weight is 149 g/mol. The van der Waals surface area contributed by atoms with Gasteiger partial charge in [0.2, 0.25) is 0 Å². The van der Waals surface area contributed by atoms with E-state index in [9.17, 15) is 0 Å². The van der Waals surface area contributed by atoms with Crippen LogP contribution in [0.4, 0.5) is 5.82 Å². The van der Waals surface area contributed by atoms with Crippen molar-refractivity contribution >= 4 is 5.82 Å². The first-order chi connectivity index (χ1) is 5.47. The van der Waals surface area contributed by atoms with Crippen LogP contribution in [-0.2, 0) is 0 Å². The molecule has 0 amide bonds. The Balaban J connectivity index is 2.16. The van der Waals surface area contributed by atoms with Gasteiger partial charge in [0.25, 0.3) is 0 Å². The molecule has 2 rings (SSSR count). The van der Waals surface area contributed by atoms with Gasteiger partial charge in [-0.05, 0) is 12.1 Å². The third-order valence-electron chi connectivity index (χ3n) is 1.83. The summed E-state index contributed by atoms with van der Waals surface area (Å²) in [5.74, 6) is 1.07. The molecule has 1 aromatic rings. The number of nitrogens with zero attached hydrogens (tertiary/aromatic N) is 2. The normalized spacial score (nSPS) is 17.3. The van der Waals surface area contributed by atoms with Crippen molar-refractivity contribution < 1.29 is 0 Å². The van der Waals surface area contributed by atoms with Gasteiger partial charge in [0, 0.05) is 19.3 Å². The van der Waals surface area contributed by atoms with E-state index in [1.807, 2.05) is 24.4 Å². The standard InChI is InChI=1S/C8H11N3/c1-2-4-10-8(3-1)11-6-5-9-7-11/h1-4,9H,5-7H2. The van der Waals surface area contributed by atoms with Crippen LogP contribution in [-0.4, -0.2) is 24.7 Å². The second kappa shape index (κ2) is 2.88. The lowest BCUT2D eigenvalue weighted by molar-refractivity contribution is 0.849. The van der Waals surface area contributed by atoms with Crippen LogP contribution >= 0.6 is 0 Å². The lowest BCUT2D eigenvalue weighted by atomic mass is 10.4. The number of anilines is 1. The zero-order valence-corrected chi connectivity index (χ0v) is 6.33. The number of rotatable bonds is 1. The molecule has 0 spiro atoms. The summed E-state index contributed by atoms with van der Waals surface area (Å²) in [6, 6.07) is 5.99. The predicted octanol–water partition coefficient (Wildman–Crippen LogP) is 0.449. The van der Waals surface area contributed by atoms with Crippen molar-refractivity contribution in [3.8, 4) is 0 Å². The van der Waals surface area contributed by atoms with E-state index in [0.29, 0.717) is 0 Å². The van der Waals surface area contributed by atoms with Gasteiger partial charge in [-0.1, -0.05) is 6.07 Å². The highest BCUT2D eigenvalue weighted by atomic mass is 15.3.